The first-order chi connectivity index (χ1) is 31.6. The van der Waals surface area contributed by atoms with Crippen molar-refractivity contribution in [3.8, 4) is 0 Å². The summed E-state index contributed by atoms with van der Waals surface area (Å²) in [6.07, 6.45) is 58.3. The fourth-order valence-corrected chi connectivity index (χ4v) is 6.69. The van der Waals surface area contributed by atoms with E-state index in [0.29, 0.717) is 17.4 Å². The average molecular weight is 910 g/mol. The van der Waals surface area contributed by atoms with Crippen LogP contribution in [-0.4, -0.2) is 82.3 Å². The molecule has 0 aliphatic heterocycles. The first kappa shape index (κ1) is 61.5. The maximum Gasteiger partial charge on any atom is 0.306 e. The van der Waals surface area contributed by atoms with Gasteiger partial charge in [-0.25, -0.2) is 0 Å². The Balaban J connectivity index is 3.99. The van der Waals surface area contributed by atoms with Gasteiger partial charge in [-0.05, 0) is 70.6 Å². The second-order valence-corrected chi connectivity index (χ2v) is 18.1. The third-order valence-electron chi connectivity index (χ3n) is 10.7. The van der Waals surface area contributed by atoms with Gasteiger partial charge in [0, 0.05) is 12.8 Å². The molecule has 0 aromatic heterocycles. The Hall–Kier alpha value is -3.53. The Morgan fingerprint density at radius 1 is 0.477 bits per heavy atom. The second kappa shape index (κ2) is 47.0. The first-order valence-corrected chi connectivity index (χ1v) is 25.7. The number of carbonyl (C=O) groups is 3. The van der Waals surface area contributed by atoms with Gasteiger partial charge in [-0.2, -0.15) is 0 Å². The van der Waals surface area contributed by atoms with Crippen molar-refractivity contribution in [3.63, 3.8) is 0 Å². The van der Waals surface area contributed by atoms with E-state index < -0.39 is 24.3 Å². The molecule has 0 aromatic carbocycles. The summed E-state index contributed by atoms with van der Waals surface area (Å²) in [5, 5.41) is 11.6. The highest BCUT2D eigenvalue weighted by molar-refractivity contribution is 5.70. The minimum Gasteiger partial charge on any atom is -0.545 e. The lowest BCUT2D eigenvalue weighted by Gasteiger charge is -2.26. The SMILES string of the molecule is CC/C=C\C/C=C\C/C=C\C/C=C\C/C=C\C/C=C\C/C=C\CCCCCCCCCCCCCCCC(=O)OC(COC(=O)CCCCCCC)COC(OCC[N+](C)(C)C)C(=O)[O-]. The van der Waals surface area contributed by atoms with Crippen LogP contribution in [0.5, 0.6) is 0 Å². The van der Waals surface area contributed by atoms with Crippen molar-refractivity contribution in [2.75, 3.05) is 47.5 Å². The number of aliphatic carboxylic acids is 1. The molecule has 2 unspecified atom stereocenters. The Morgan fingerprint density at radius 3 is 1.31 bits per heavy atom. The van der Waals surface area contributed by atoms with Gasteiger partial charge in [0.15, 0.2) is 12.4 Å². The molecule has 9 heteroatoms. The van der Waals surface area contributed by atoms with Crippen LogP contribution < -0.4 is 5.11 Å². The fourth-order valence-electron chi connectivity index (χ4n) is 6.69. The number of rotatable bonds is 46. The van der Waals surface area contributed by atoms with E-state index in [9.17, 15) is 19.5 Å². The van der Waals surface area contributed by atoms with Crippen molar-refractivity contribution in [1.82, 2.24) is 0 Å². The summed E-state index contributed by atoms with van der Waals surface area (Å²) in [5.74, 6) is -2.31. The van der Waals surface area contributed by atoms with Crippen molar-refractivity contribution >= 4 is 17.9 Å². The fraction of sp³-hybridized carbons (Fsp3) is 0.696. The number of carboxylic acids is 1. The molecule has 0 amide bonds. The first-order valence-electron chi connectivity index (χ1n) is 25.7. The van der Waals surface area contributed by atoms with E-state index in [1.807, 2.05) is 21.1 Å². The van der Waals surface area contributed by atoms with E-state index in [4.69, 9.17) is 18.9 Å². The number of allylic oxidation sites excluding steroid dienone is 14. The van der Waals surface area contributed by atoms with Gasteiger partial charge in [0.1, 0.15) is 13.2 Å². The molecule has 0 rings (SSSR count). The number of carbonyl (C=O) groups excluding carboxylic acids is 3. The zero-order valence-corrected chi connectivity index (χ0v) is 42.1. The monoisotopic (exact) mass is 910 g/mol. The molecule has 0 heterocycles. The average Bonchev–Trinajstić information content (AvgIpc) is 3.27. The lowest BCUT2D eigenvalue weighted by molar-refractivity contribution is -0.870. The molecule has 372 valence electrons. The van der Waals surface area contributed by atoms with Crippen molar-refractivity contribution in [3.05, 3.63) is 85.1 Å². The van der Waals surface area contributed by atoms with Crippen molar-refractivity contribution < 1.29 is 42.9 Å². The highest BCUT2D eigenvalue weighted by Crippen LogP contribution is 2.15. The van der Waals surface area contributed by atoms with E-state index in [0.717, 1.165) is 96.3 Å². The number of unbranched alkanes of at least 4 members (excludes halogenated alkanes) is 17. The summed E-state index contributed by atoms with van der Waals surface area (Å²) in [6, 6.07) is 0. The molecule has 0 spiro atoms. The molecule has 0 bridgehead atoms. The molecule has 0 saturated carbocycles. The topological polar surface area (TPSA) is 111 Å². The smallest absolute Gasteiger partial charge is 0.306 e. The van der Waals surface area contributed by atoms with Crippen molar-refractivity contribution in [2.45, 2.75) is 206 Å². The normalized spacial score (nSPS) is 13.6. The van der Waals surface area contributed by atoms with Gasteiger partial charge in [-0.1, -0.05) is 195 Å². The zero-order chi connectivity index (χ0) is 47.7. The summed E-state index contributed by atoms with van der Waals surface area (Å²) in [6.45, 7) is 4.51. The van der Waals surface area contributed by atoms with Gasteiger partial charge in [-0.15, -0.1) is 0 Å². The standard InChI is InChI=1S/C56H95NO8/c1-6-8-10-12-13-14-15-16-17-18-19-20-21-22-23-24-25-26-27-28-29-30-31-32-33-34-35-36-37-38-39-40-41-43-45-47-54(59)65-52(50-63-53(58)46-44-42-11-9-7-2)51-64-56(55(60)61)62-49-48-57(3,4)5/h8,10,13-14,16-17,19-20,22-23,25-26,28-29,52,56H,6-7,9,11-12,15,18,21,24,27,30-51H2,1-5H3/b10-8-,14-13-,17-16-,20-19-,23-22-,26-25-,29-28-. The zero-order valence-electron chi connectivity index (χ0n) is 42.1. The summed E-state index contributed by atoms with van der Waals surface area (Å²) in [7, 11) is 5.89. The van der Waals surface area contributed by atoms with Gasteiger partial charge in [0.05, 0.1) is 40.3 Å². The second-order valence-electron chi connectivity index (χ2n) is 18.1. The van der Waals surface area contributed by atoms with Crippen LogP contribution >= 0.6 is 0 Å². The Kier molecular flexibility index (Phi) is 44.4. The molecule has 9 nitrogen and oxygen atoms in total. The van der Waals surface area contributed by atoms with E-state index in [2.05, 4.69) is 98.9 Å². The van der Waals surface area contributed by atoms with Gasteiger partial charge in [0.25, 0.3) is 0 Å². The Bertz CT molecular complexity index is 1340. The predicted octanol–water partition coefficient (Wildman–Crippen LogP) is 13.1. The lowest BCUT2D eigenvalue weighted by atomic mass is 10.0. The molecule has 2 atom stereocenters. The third kappa shape index (κ3) is 48.2. The van der Waals surface area contributed by atoms with Crippen LogP contribution in [0.15, 0.2) is 85.1 Å². The Labute approximate surface area is 398 Å². The molecule has 0 saturated heterocycles. The molecule has 0 fully saturated rings. The van der Waals surface area contributed by atoms with E-state index in [1.165, 1.54) is 64.2 Å². The van der Waals surface area contributed by atoms with Crippen LogP contribution in [0.25, 0.3) is 0 Å². The molecule has 0 aliphatic carbocycles. The van der Waals surface area contributed by atoms with Gasteiger partial charge < -0.3 is 33.3 Å². The number of carboxylic acid groups (broad SMARTS) is 1. The van der Waals surface area contributed by atoms with Crippen LogP contribution in [0.4, 0.5) is 0 Å². The van der Waals surface area contributed by atoms with Crippen LogP contribution in [0.3, 0.4) is 0 Å². The van der Waals surface area contributed by atoms with E-state index in [-0.39, 0.29) is 38.6 Å². The van der Waals surface area contributed by atoms with Crippen LogP contribution in [-0.2, 0) is 33.3 Å². The van der Waals surface area contributed by atoms with Crippen molar-refractivity contribution in [1.29, 1.82) is 0 Å². The molecule has 0 N–H and O–H groups in total. The number of hydrogen-bond donors (Lipinski definition) is 0. The molecule has 0 aliphatic rings. The largest absolute Gasteiger partial charge is 0.545 e. The number of quaternary nitrogens is 1. The number of nitrogens with zero attached hydrogens (tertiary/aromatic N) is 1. The summed E-state index contributed by atoms with van der Waals surface area (Å²) in [5.41, 5.74) is 0. The predicted molar refractivity (Wildman–Crippen MR) is 269 cm³/mol. The van der Waals surface area contributed by atoms with Gasteiger partial charge >= 0.3 is 11.9 Å². The number of hydrogen-bond acceptors (Lipinski definition) is 8. The minimum atomic E-state index is -1.62. The highest BCUT2D eigenvalue weighted by Gasteiger charge is 2.21. The maximum absolute atomic E-state index is 12.7. The Morgan fingerprint density at radius 2 is 0.877 bits per heavy atom. The van der Waals surface area contributed by atoms with Crippen molar-refractivity contribution in [2.24, 2.45) is 0 Å². The molecule has 0 aromatic rings. The third-order valence-corrected chi connectivity index (χ3v) is 10.7. The quantitative estimate of drug-likeness (QED) is 0.0195. The van der Waals surface area contributed by atoms with Gasteiger partial charge in [0.2, 0.25) is 0 Å². The summed E-state index contributed by atoms with van der Waals surface area (Å²) < 4.78 is 22.4. The summed E-state index contributed by atoms with van der Waals surface area (Å²) >= 11 is 0. The minimum absolute atomic E-state index is 0.145. The van der Waals surface area contributed by atoms with E-state index >= 15 is 0 Å². The van der Waals surface area contributed by atoms with E-state index in [1.54, 1.807) is 0 Å². The van der Waals surface area contributed by atoms with Crippen LogP contribution in [0.1, 0.15) is 194 Å². The molecule has 65 heavy (non-hydrogen) atoms. The summed E-state index contributed by atoms with van der Waals surface area (Å²) in [4.78, 5) is 36.7. The molecular formula is C56H95NO8. The highest BCUT2D eigenvalue weighted by atomic mass is 16.7. The number of esters is 2. The molecule has 0 radical (unpaired) electrons. The number of ether oxygens (including phenoxy) is 4. The van der Waals surface area contributed by atoms with Gasteiger partial charge in [-0.3, -0.25) is 9.59 Å². The van der Waals surface area contributed by atoms with Crippen LogP contribution in [0.2, 0.25) is 0 Å². The number of likely N-dealkylation sites (N-methyl/N-ethyl adjacent to an activating group) is 1. The van der Waals surface area contributed by atoms with Crippen LogP contribution in [0, 0.1) is 0 Å². The lowest BCUT2D eigenvalue weighted by Crippen LogP contribution is -2.44. The maximum atomic E-state index is 12.7. The molecular weight excluding hydrogens is 815 g/mol.